The van der Waals surface area contributed by atoms with Gasteiger partial charge in [-0.05, 0) is 55.3 Å². The van der Waals surface area contributed by atoms with E-state index in [1.165, 1.54) is 29.9 Å². The van der Waals surface area contributed by atoms with E-state index in [1.807, 2.05) is 17.5 Å². The molecule has 8 nitrogen and oxygen atoms in total. The second-order valence-electron chi connectivity index (χ2n) is 8.25. The minimum absolute atomic E-state index is 0.104. The summed E-state index contributed by atoms with van der Waals surface area (Å²) in [6, 6.07) is 8.54. The van der Waals surface area contributed by atoms with Gasteiger partial charge in [0.25, 0.3) is 0 Å². The zero-order valence-electron chi connectivity index (χ0n) is 18.3. The largest absolute Gasteiger partial charge is 0.358 e. The smallest absolute Gasteiger partial charge is 0.250 e. The van der Waals surface area contributed by atoms with Gasteiger partial charge in [-0.1, -0.05) is 6.07 Å². The molecule has 1 atom stereocenters. The van der Waals surface area contributed by atoms with Crippen molar-refractivity contribution in [1.82, 2.24) is 9.62 Å². The molecular weight excluding hydrogens is 448 g/mol. The molecule has 0 radical (unpaired) electrons. The van der Waals surface area contributed by atoms with Crippen LogP contribution in [0.5, 0.6) is 0 Å². The van der Waals surface area contributed by atoms with E-state index in [0.717, 1.165) is 42.2 Å². The van der Waals surface area contributed by atoms with Crippen molar-refractivity contribution in [3.8, 4) is 0 Å². The maximum absolute atomic E-state index is 13.4. The molecule has 2 aliphatic rings. The summed E-state index contributed by atoms with van der Waals surface area (Å²) in [5.41, 5.74) is 1.28. The SMILES string of the molecule is CN(C)S(=O)(=O)c1ccc2c(c1)N(CC(=O)NCCc1cccs1)C(=O)[C@H]1CCCCN21. The minimum Gasteiger partial charge on any atom is -0.358 e. The number of rotatable bonds is 7. The van der Waals surface area contributed by atoms with Gasteiger partial charge in [0.15, 0.2) is 0 Å². The lowest BCUT2D eigenvalue weighted by atomic mass is 9.96. The summed E-state index contributed by atoms with van der Waals surface area (Å²) >= 11 is 1.64. The Balaban J connectivity index is 1.60. The fraction of sp³-hybridized carbons (Fsp3) is 0.455. The summed E-state index contributed by atoms with van der Waals surface area (Å²) in [4.78, 5) is 30.9. The predicted molar refractivity (Wildman–Crippen MR) is 126 cm³/mol. The number of sulfonamides is 1. The zero-order chi connectivity index (χ0) is 22.9. The van der Waals surface area contributed by atoms with Gasteiger partial charge in [0.2, 0.25) is 21.8 Å². The third-order valence-electron chi connectivity index (χ3n) is 5.95. The molecule has 0 bridgehead atoms. The number of carbonyl (C=O) groups excluding carboxylic acids is 2. The van der Waals surface area contributed by atoms with Crippen molar-refractivity contribution in [3.05, 3.63) is 40.6 Å². The molecule has 1 N–H and O–H groups in total. The van der Waals surface area contributed by atoms with Crippen LogP contribution in [-0.4, -0.2) is 64.3 Å². The first-order valence-corrected chi connectivity index (χ1v) is 13.0. The van der Waals surface area contributed by atoms with E-state index in [-0.39, 0.29) is 29.3 Å². The Bertz CT molecular complexity index is 1100. The molecule has 172 valence electrons. The summed E-state index contributed by atoms with van der Waals surface area (Å²) in [6.07, 6.45) is 3.39. The average molecular weight is 477 g/mol. The third-order valence-corrected chi connectivity index (χ3v) is 8.70. The molecule has 0 unspecified atom stereocenters. The maximum atomic E-state index is 13.4. The van der Waals surface area contributed by atoms with Gasteiger partial charge in [0.1, 0.15) is 12.6 Å². The monoisotopic (exact) mass is 476 g/mol. The van der Waals surface area contributed by atoms with Crippen molar-refractivity contribution in [2.24, 2.45) is 0 Å². The summed E-state index contributed by atoms with van der Waals surface area (Å²) < 4.78 is 26.5. The fourth-order valence-electron chi connectivity index (χ4n) is 4.25. The molecule has 0 saturated carbocycles. The van der Waals surface area contributed by atoms with Crippen LogP contribution in [0.15, 0.2) is 40.6 Å². The molecule has 3 heterocycles. The highest BCUT2D eigenvalue weighted by Crippen LogP contribution is 2.40. The standard InChI is InChI=1S/C22H28N4O4S2/c1-24(2)32(29,30)17-8-9-18-20(14-17)26(22(28)19-7-3-4-12-25(18)19)15-21(27)23-11-10-16-6-5-13-31-16/h5-6,8-9,13-14,19H,3-4,7,10-12,15H2,1-2H3,(H,23,27)/t19-/m1/s1. The second kappa shape index (κ2) is 9.21. The van der Waals surface area contributed by atoms with Gasteiger partial charge in [0, 0.05) is 32.1 Å². The number of hydrogen-bond acceptors (Lipinski definition) is 6. The molecule has 0 spiro atoms. The topological polar surface area (TPSA) is 90.0 Å². The van der Waals surface area contributed by atoms with Crippen LogP contribution >= 0.6 is 11.3 Å². The van der Waals surface area contributed by atoms with Crippen molar-refractivity contribution in [3.63, 3.8) is 0 Å². The molecule has 4 rings (SSSR count). The zero-order valence-corrected chi connectivity index (χ0v) is 19.9. The molecule has 10 heteroatoms. The Morgan fingerprint density at radius 1 is 1.22 bits per heavy atom. The van der Waals surface area contributed by atoms with Gasteiger partial charge in [-0.3, -0.25) is 14.5 Å². The summed E-state index contributed by atoms with van der Waals surface area (Å²) in [5, 5.41) is 4.88. The Morgan fingerprint density at radius 2 is 2.03 bits per heavy atom. The quantitative estimate of drug-likeness (QED) is 0.661. The highest BCUT2D eigenvalue weighted by molar-refractivity contribution is 7.89. The Kier molecular flexibility index (Phi) is 6.55. The number of hydrogen-bond donors (Lipinski definition) is 1. The number of thiophene rings is 1. The second-order valence-corrected chi connectivity index (χ2v) is 11.4. The summed E-state index contributed by atoms with van der Waals surface area (Å²) in [6.45, 7) is 1.09. The van der Waals surface area contributed by atoms with Crippen LogP contribution in [0.4, 0.5) is 11.4 Å². The van der Waals surface area contributed by atoms with Crippen LogP contribution < -0.4 is 15.1 Å². The first-order valence-electron chi connectivity index (χ1n) is 10.7. The minimum atomic E-state index is -3.67. The van der Waals surface area contributed by atoms with Crippen molar-refractivity contribution < 1.29 is 18.0 Å². The number of fused-ring (bicyclic) bond motifs is 3. The van der Waals surface area contributed by atoms with Gasteiger partial charge in [0.05, 0.1) is 16.3 Å². The van der Waals surface area contributed by atoms with E-state index in [9.17, 15) is 18.0 Å². The highest BCUT2D eigenvalue weighted by Gasteiger charge is 2.40. The summed E-state index contributed by atoms with van der Waals surface area (Å²) in [7, 11) is -0.728. The van der Waals surface area contributed by atoms with E-state index in [0.29, 0.717) is 12.2 Å². The number of piperidine rings is 1. The molecule has 2 aromatic rings. The number of amides is 2. The van der Waals surface area contributed by atoms with Crippen LogP contribution in [0.1, 0.15) is 24.1 Å². The third kappa shape index (κ3) is 4.39. The molecule has 2 amide bonds. The number of carbonyl (C=O) groups is 2. The Hall–Kier alpha value is -2.43. The summed E-state index contributed by atoms with van der Waals surface area (Å²) in [5.74, 6) is -0.406. The van der Waals surface area contributed by atoms with E-state index < -0.39 is 10.0 Å². The van der Waals surface area contributed by atoms with Gasteiger partial charge < -0.3 is 10.2 Å². The Labute approximate surface area is 192 Å². The van der Waals surface area contributed by atoms with Crippen molar-refractivity contribution in [1.29, 1.82) is 0 Å². The Morgan fingerprint density at radius 3 is 2.75 bits per heavy atom. The van der Waals surface area contributed by atoms with Crippen LogP contribution in [0.25, 0.3) is 0 Å². The molecule has 1 aromatic carbocycles. The molecule has 1 fully saturated rings. The van der Waals surface area contributed by atoms with Crippen molar-refractivity contribution >= 4 is 44.5 Å². The van der Waals surface area contributed by atoms with Gasteiger partial charge >= 0.3 is 0 Å². The van der Waals surface area contributed by atoms with Crippen LogP contribution in [0, 0.1) is 0 Å². The number of benzene rings is 1. The lowest BCUT2D eigenvalue weighted by Gasteiger charge is -2.45. The molecule has 2 aliphatic heterocycles. The van der Waals surface area contributed by atoms with Crippen molar-refractivity contribution in [2.75, 3.05) is 43.5 Å². The van der Waals surface area contributed by atoms with Crippen LogP contribution in [0.3, 0.4) is 0 Å². The predicted octanol–water partition coefficient (Wildman–Crippen LogP) is 2.06. The maximum Gasteiger partial charge on any atom is 0.250 e. The molecular formula is C22H28N4O4S2. The molecule has 1 aromatic heterocycles. The highest BCUT2D eigenvalue weighted by atomic mass is 32.2. The van der Waals surface area contributed by atoms with Crippen LogP contribution in [0.2, 0.25) is 0 Å². The van der Waals surface area contributed by atoms with Crippen LogP contribution in [-0.2, 0) is 26.0 Å². The molecule has 0 aliphatic carbocycles. The number of nitrogens with zero attached hydrogens (tertiary/aromatic N) is 3. The first kappa shape index (κ1) is 22.8. The molecule has 32 heavy (non-hydrogen) atoms. The van der Waals surface area contributed by atoms with E-state index in [2.05, 4.69) is 10.2 Å². The van der Waals surface area contributed by atoms with Gasteiger partial charge in [-0.2, -0.15) is 0 Å². The van der Waals surface area contributed by atoms with E-state index in [1.54, 1.807) is 23.5 Å². The lowest BCUT2D eigenvalue weighted by molar-refractivity contribution is -0.124. The average Bonchev–Trinajstić information content (AvgIpc) is 3.29. The normalized spacial score (nSPS) is 18.5. The van der Waals surface area contributed by atoms with Crippen molar-refractivity contribution in [2.45, 2.75) is 36.6 Å². The number of anilines is 2. The lowest BCUT2D eigenvalue weighted by Crippen LogP contribution is -2.57. The number of nitrogens with one attached hydrogen (secondary N) is 1. The van der Waals surface area contributed by atoms with E-state index >= 15 is 0 Å². The molecule has 1 saturated heterocycles. The van der Waals surface area contributed by atoms with E-state index in [4.69, 9.17) is 0 Å². The first-order chi connectivity index (χ1) is 15.3. The van der Waals surface area contributed by atoms with Gasteiger partial charge in [-0.15, -0.1) is 11.3 Å². The fourth-order valence-corrected chi connectivity index (χ4v) is 5.88. The van der Waals surface area contributed by atoms with Gasteiger partial charge in [-0.25, -0.2) is 12.7 Å².